The second-order valence-electron chi connectivity index (χ2n) is 4.81. The van der Waals surface area contributed by atoms with E-state index in [2.05, 4.69) is 5.32 Å². The molecule has 1 aliphatic heterocycles. The molecule has 5 nitrogen and oxygen atoms in total. The summed E-state index contributed by atoms with van der Waals surface area (Å²) in [4.78, 5) is 24.5. The maximum atomic E-state index is 11.6. The van der Waals surface area contributed by atoms with E-state index in [9.17, 15) is 9.59 Å². The van der Waals surface area contributed by atoms with Gasteiger partial charge in [-0.15, -0.1) is 0 Å². The molecule has 19 heavy (non-hydrogen) atoms. The van der Waals surface area contributed by atoms with E-state index >= 15 is 0 Å². The van der Waals surface area contributed by atoms with E-state index in [-0.39, 0.29) is 17.9 Å². The minimum absolute atomic E-state index is 0.170. The Morgan fingerprint density at radius 1 is 1.42 bits per heavy atom. The van der Waals surface area contributed by atoms with Crippen LogP contribution in [0, 0.1) is 12.8 Å². The zero-order chi connectivity index (χ0) is 13.8. The Kier molecular flexibility index (Phi) is 4.04. The minimum Gasteiger partial charge on any atom is -0.492 e. The van der Waals surface area contributed by atoms with E-state index in [0.29, 0.717) is 19.7 Å². The van der Waals surface area contributed by atoms with E-state index in [1.807, 2.05) is 31.2 Å². The van der Waals surface area contributed by atoms with Crippen LogP contribution in [0.25, 0.3) is 0 Å². The molecule has 1 unspecified atom stereocenters. The maximum Gasteiger partial charge on any atom is 0.324 e. The summed E-state index contributed by atoms with van der Waals surface area (Å²) in [5.41, 5.74) is 1.13. The van der Waals surface area contributed by atoms with Crippen molar-refractivity contribution in [1.82, 2.24) is 10.2 Å². The fourth-order valence-corrected chi connectivity index (χ4v) is 1.98. The van der Waals surface area contributed by atoms with Crippen molar-refractivity contribution >= 4 is 11.9 Å². The van der Waals surface area contributed by atoms with Crippen LogP contribution >= 0.6 is 0 Å². The molecule has 0 aliphatic carbocycles. The number of carbonyl (C=O) groups excluding carboxylic acids is 2. The first-order chi connectivity index (χ1) is 9.06. The summed E-state index contributed by atoms with van der Waals surface area (Å²) in [6, 6.07) is 7.42. The van der Waals surface area contributed by atoms with Gasteiger partial charge in [-0.2, -0.15) is 0 Å². The fourth-order valence-electron chi connectivity index (χ4n) is 1.98. The third-order valence-corrected chi connectivity index (χ3v) is 3.08. The van der Waals surface area contributed by atoms with Crippen LogP contribution in [0.3, 0.4) is 0 Å². The van der Waals surface area contributed by atoms with E-state index in [4.69, 9.17) is 4.74 Å². The number of nitrogens with one attached hydrogen (secondary N) is 1. The molecule has 1 heterocycles. The molecule has 1 aliphatic rings. The van der Waals surface area contributed by atoms with Crippen molar-refractivity contribution in [2.75, 3.05) is 19.7 Å². The van der Waals surface area contributed by atoms with E-state index in [0.717, 1.165) is 11.3 Å². The van der Waals surface area contributed by atoms with Gasteiger partial charge in [-0.1, -0.05) is 19.1 Å². The van der Waals surface area contributed by atoms with Gasteiger partial charge < -0.3 is 9.64 Å². The molecule has 2 rings (SSSR count). The van der Waals surface area contributed by atoms with Crippen molar-refractivity contribution in [3.63, 3.8) is 0 Å². The molecule has 1 atom stereocenters. The molecule has 0 radical (unpaired) electrons. The fraction of sp³-hybridized carbons (Fsp3) is 0.429. The lowest BCUT2D eigenvalue weighted by Gasteiger charge is -2.30. The van der Waals surface area contributed by atoms with Gasteiger partial charge in [0, 0.05) is 6.54 Å². The first-order valence-corrected chi connectivity index (χ1v) is 6.35. The highest BCUT2D eigenvalue weighted by molar-refractivity contribution is 5.97. The van der Waals surface area contributed by atoms with Gasteiger partial charge >= 0.3 is 6.03 Å². The number of carbonyl (C=O) groups is 2. The summed E-state index contributed by atoms with van der Waals surface area (Å²) < 4.78 is 5.59. The topological polar surface area (TPSA) is 58.6 Å². The normalized spacial score (nSPS) is 19.3. The molecule has 102 valence electrons. The van der Waals surface area contributed by atoms with Gasteiger partial charge in [0.1, 0.15) is 12.4 Å². The number of urea groups is 1. The standard InChI is InChI=1S/C14H18N2O3/c1-10-4-3-5-12(8-10)19-7-6-16-9-11(2)13(17)15-14(16)18/h3-5,8,11H,6-7,9H2,1-2H3,(H,15,17,18). The van der Waals surface area contributed by atoms with Crippen LogP contribution < -0.4 is 10.1 Å². The predicted molar refractivity (Wildman–Crippen MR) is 70.9 cm³/mol. The molecule has 1 N–H and O–H groups in total. The monoisotopic (exact) mass is 262 g/mol. The Morgan fingerprint density at radius 3 is 2.95 bits per heavy atom. The lowest BCUT2D eigenvalue weighted by Crippen LogP contribution is -2.54. The summed E-state index contributed by atoms with van der Waals surface area (Å²) in [6.45, 7) is 5.13. The SMILES string of the molecule is Cc1cccc(OCCN2CC(C)C(=O)NC2=O)c1. The lowest BCUT2D eigenvalue weighted by atomic mass is 10.1. The first kappa shape index (κ1) is 13.4. The number of ether oxygens (including phenoxy) is 1. The molecule has 0 bridgehead atoms. The van der Waals surface area contributed by atoms with Crippen molar-refractivity contribution in [1.29, 1.82) is 0 Å². The highest BCUT2D eigenvalue weighted by Gasteiger charge is 2.28. The summed E-state index contributed by atoms with van der Waals surface area (Å²) in [6.07, 6.45) is 0. The van der Waals surface area contributed by atoms with Crippen LogP contribution in [0.15, 0.2) is 24.3 Å². The van der Waals surface area contributed by atoms with E-state index in [1.54, 1.807) is 11.8 Å². The highest BCUT2D eigenvalue weighted by Crippen LogP contribution is 2.13. The Hall–Kier alpha value is -2.04. The zero-order valence-corrected chi connectivity index (χ0v) is 11.2. The molecule has 1 aromatic carbocycles. The van der Waals surface area contributed by atoms with Crippen LogP contribution in [0.4, 0.5) is 4.79 Å². The number of imide groups is 1. The summed E-state index contributed by atoms with van der Waals surface area (Å²) in [5.74, 6) is 0.416. The van der Waals surface area contributed by atoms with Gasteiger partial charge in [-0.05, 0) is 24.6 Å². The largest absolute Gasteiger partial charge is 0.492 e. The van der Waals surface area contributed by atoms with Crippen LogP contribution in [0.1, 0.15) is 12.5 Å². The Balaban J connectivity index is 1.82. The lowest BCUT2D eigenvalue weighted by molar-refractivity contribution is -0.125. The molecule has 5 heteroatoms. The van der Waals surface area contributed by atoms with Crippen molar-refractivity contribution in [3.8, 4) is 5.75 Å². The molecular weight excluding hydrogens is 244 g/mol. The summed E-state index contributed by atoms with van der Waals surface area (Å²) in [5, 5.41) is 2.33. The second kappa shape index (κ2) is 5.73. The van der Waals surface area contributed by atoms with Gasteiger partial charge in [0.25, 0.3) is 0 Å². The number of benzene rings is 1. The smallest absolute Gasteiger partial charge is 0.324 e. The molecule has 0 saturated carbocycles. The van der Waals surface area contributed by atoms with Crippen LogP contribution in [0.5, 0.6) is 5.75 Å². The number of aryl methyl sites for hydroxylation is 1. The van der Waals surface area contributed by atoms with Crippen molar-refractivity contribution in [2.24, 2.45) is 5.92 Å². The molecule has 0 aromatic heterocycles. The van der Waals surface area contributed by atoms with Crippen LogP contribution in [-0.4, -0.2) is 36.5 Å². The quantitative estimate of drug-likeness (QED) is 0.896. The third-order valence-electron chi connectivity index (χ3n) is 3.08. The zero-order valence-electron chi connectivity index (χ0n) is 11.2. The van der Waals surface area contributed by atoms with Gasteiger partial charge in [-0.3, -0.25) is 10.1 Å². The number of nitrogens with zero attached hydrogens (tertiary/aromatic N) is 1. The average molecular weight is 262 g/mol. The Labute approximate surface area is 112 Å². The van der Waals surface area contributed by atoms with Gasteiger partial charge in [0.15, 0.2) is 0 Å². The molecule has 1 saturated heterocycles. The second-order valence-corrected chi connectivity index (χ2v) is 4.81. The average Bonchev–Trinajstić information content (AvgIpc) is 2.35. The van der Waals surface area contributed by atoms with Crippen molar-refractivity contribution < 1.29 is 14.3 Å². The van der Waals surface area contributed by atoms with Gasteiger partial charge in [-0.25, -0.2) is 4.79 Å². The number of amides is 3. The van der Waals surface area contributed by atoms with Crippen molar-refractivity contribution in [2.45, 2.75) is 13.8 Å². The maximum absolute atomic E-state index is 11.6. The molecule has 0 spiro atoms. The van der Waals surface area contributed by atoms with E-state index in [1.165, 1.54) is 0 Å². The van der Waals surface area contributed by atoms with Crippen LogP contribution in [0.2, 0.25) is 0 Å². The first-order valence-electron chi connectivity index (χ1n) is 6.35. The van der Waals surface area contributed by atoms with Crippen LogP contribution in [-0.2, 0) is 4.79 Å². The Morgan fingerprint density at radius 2 is 2.21 bits per heavy atom. The number of hydrogen-bond acceptors (Lipinski definition) is 3. The molecule has 1 fully saturated rings. The Bertz CT molecular complexity index is 487. The third kappa shape index (κ3) is 3.47. The van der Waals surface area contributed by atoms with E-state index < -0.39 is 0 Å². The molecule has 3 amide bonds. The summed E-state index contributed by atoms with van der Waals surface area (Å²) in [7, 11) is 0. The summed E-state index contributed by atoms with van der Waals surface area (Å²) >= 11 is 0. The molecule has 1 aromatic rings. The highest BCUT2D eigenvalue weighted by atomic mass is 16.5. The predicted octanol–water partition coefficient (Wildman–Crippen LogP) is 1.56. The number of hydrogen-bond donors (Lipinski definition) is 1. The minimum atomic E-state index is -0.337. The van der Waals surface area contributed by atoms with Gasteiger partial charge in [0.2, 0.25) is 5.91 Å². The molecular formula is C14H18N2O3. The number of rotatable bonds is 4. The van der Waals surface area contributed by atoms with Crippen molar-refractivity contribution in [3.05, 3.63) is 29.8 Å². The van der Waals surface area contributed by atoms with Gasteiger partial charge in [0.05, 0.1) is 12.5 Å².